The third-order valence-electron chi connectivity index (χ3n) is 3.12. The van der Waals surface area contributed by atoms with Crippen molar-refractivity contribution in [1.82, 2.24) is 0 Å². The maximum absolute atomic E-state index is 9.87. The van der Waals surface area contributed by atoms with Crippen LogP contribution in [0.5, 0.6) is 0 Å². The molecule has 0 radical (unpaired) electrons. The Hall–Kier alpha value is -0.160. The second kappa shape index (κ2) is 3.20. The predicted molar refractivity (Wildman–Crippen MR) is 45.5 cm³/mol. The molecule has 0 saturated carbocycles. The Morgan fingerprint density at radius 1 is 1.62 bits per heavy atom. The normalized spacial score (nSPS) is 48.7. The SMILES string of the molecule is CC[C@]12OC[C@H](O[C@H]1COC)[C@@H]2O. The molecule has 2 aliphatic heterocycles. The summed E-state index contributed by atoms with van der Waals surface area (Å²) in [5.41, 5.74) is -0.513. The predicted octanol–water partition coefficient (Wildman–Crippen LogP) is -0.0599. The fourth-order valence-corrected chi connectivity index (χ4v) is 2.32. The monoisotopic (exact) mass is 188 g/mol. The van der Waals surface area contributed by atoms with Gasteiger partial charge in [-0.25, -0.2) is 0 Å². The Kier molecular flexibility index (Phi) is 2.32. The lowest BCUT2D eigenvalue weighted by Gasteiger charge is -2.33. The number of methoxy groups -OCH3 is 1. The zero-order valence-corrected chi connectivity index (χ0v) is 8.03. The van der Waals surface area contributed by atoms with E-state index >= 15 is 0 Å². The number of hydrogen-bond acceptors (Lipinski definition) is 4. The summed E-state index contributed by atoms with van der Waals surface area (Å²) >= 11 is 0. The van der Waals surface area contributed by atoms with E-state index < -0.39 is 11.7 Å². The quantitative estimate of drug-likeness (QED) is 0.674. The lowest BCUT2D eigenvalue weighted by atomic mass is 9.90. The van der Waals surface area contributed by atoms with Gasteiger partial charge in [-0.05, 0) is 6.42 Å². The molecule has 2 rings (SSSR count). The molecule has 0 amide bonds. The molecule has 4 atom stereocenters. The molecule has 2 aliphatic rings. The molecule has 2 saturated heterocycles. The molecule has 76 valence electrons. The van der Waals surface area contributed by atoms with Gasteiger partial charge in [-0.15, -0.1) is 0 Å². The average molecular weight is 188 g/mol. The van der Waals surface area contributed by atoms with Crippen LogP contribution in [0.15, 0.2) is 0 Å². The Balaban J connectivity index is 2.16. The van der Waals surface area contributed by atoms with Crippen molar-refractivity contribution in [3.8, 4) is 0 Å². The Morgan fingerprint density at radius 3 is 2.92 bits per heavy atom. The van der Waals surface area contributed by atoms with Crippen LogP contribution < -0.4 is 0 Å². The molecule has 4 nitrogen and oxygen atoms in total. The molecular formula is C9H16O4. The van der Waals surface area contributed by atoms with Crippen molar-refractivity contribution in [3.05, 3.63) is 0 Å². The van der Waals surface area contributed by atoms with E-state index in [1.165, 1.54) is 0 Å². The van der Waals surface area contributed by atoms with Crippen molar-refractivity contribution < 1.29 is 19.3 Å². The first-order chi connectivity index (χ1) is 6.24. The van der Waals surface area contributed by atoms with Crippen molar-refractivity contribution in [2.45, 2.75) is 37.3 Å². The van der Waals surface area contributed by atoms with E-state index in [1.807, 2.05) is 6.92 Å². The zero-order chi connectivity index (χ0) is 9.47. The first-order valence-electron chi connectivity index (χ1n) is 4.71. The maximum Gasteiger partial charge on any atom is 0.125 e. The molecule has 1 N–H and O–H groups in total. The average Bonchev–Trinajstić information content (AvgIpc) is 2.59. The van der Waals surface area contributed by atoms with E-state index in [0.717, 1.165) is 6.42 Å². The van der Waals surface area contributed by atoms with Crippen LogP contribution in [0.3, 0.4) is 0 Å². The van der Waals surface area contributed by atoms with Crippen LogP contribution in [0.2, 0.25) is 0 Å². The van der Waals surface area contributed by atoms with E-state index in [0.29, 0.717) is 13.2 Å². The number of aliphatic hydroxyl groups excluding tert-OH is 1. The van der Waals surface area contributed by atoms with Crippen molar-refractivity contribution in [2.24, 2.45) is 0 Å². The summed E-state index contributed by atoms with van der Waals surface area (Å²) in [5, 5.41) is 9.87. The minimum Gasteiger partial charge on any atom is -0.387 e. The maximum atomic E-state index is 9.87. The number of aliphatic hydroxyl groups is 1. The standard InChI is InChI=1S/C9H16O4/c1-3-9-7(5-11-2)13-6(4-12-9)8(9)10/h6-8,10H,3-5H2,1-2H3/t6-,7-,8-,9-/m0/s1. The molecule has 0 unspecified atom stereocenters. The number of rotatable bonds is 3. The molecule has 0 aromatic heterocycles. The van der Waals surface area contributed by atoms with Crippen LogP contribution in [-0.2, 0) is 14.2 Å². The first-order valence-corrected chi connectivity index (χ1v) is 4.71. The van der Waals surface area contributed by atoms with Gasteiger partial charge in [0, 0.05) is 7.11 Å². The van der Waals surface area contributed by atoms with Crippen LogP contribution in [0, 0.1) is 0 Å². The van der Waals surface area contributed by atoms with E-state index in [4.69, 9.17) is 14.2 Å². The second-order valence-electron chi connectivity index (χ2n) is 3.68. The smallest absolute Gasteiger partial charge is 0.125 e. The Morgan fingerprint density at radius 2 is 2.38 bits per heavy atom. The van der Waals surface area contributed by atoms with Gasteiger partial charge in [0.2, 0.25) is 0 Å². The van der Waals surface area contributed by atoms with Crippen LogP contribution >= 0.6 is 0 Å². The van der Waals surface area contributed by atoms with Gasteiger partial charge in [-0.1, -0.05) is 6.92 Å². The lowest BCUT2D eigenvalue weighted by Crippen LogP contribution is -2.48. The zero-order valence-electron chi connectivity index (χ0n) is 8.03. The molecule has 0 aromatic carbocycles. The van der Waals surface area contributed by atoms with Gasteiger partial charge in [-0.2, -0.15) is 0 Å². The van der Waals surface area contributed by atoms with E-state index in [-0.39, 0.29) is 12.2 Å². The molecule has 0 aliphatic carbocycles. The van der Waals surface area contributed by atoms with Crippen LogP contribution in [0.4, 0.5) is 0 Å². The van der Waals surface area contributed by atoms with Crippen molar-refractivity contribution in [1.29, 1.82) is 0 Å². The summed E-state index contributed by atoms with van der Waals surface area (Å²) in [6, 6.07) is 0. The molecule has 13 heavy (non-hydrogen) atoms. The highest BCUT2D eigenvalue weighted by Crippen LogP contribution is 2.43. The summed E-state index contributed by atoms with van der Waals surface area (Å²) in [6.07, 6.45) is 0.00704. The van der Waals surface area contributed by atoms with E-state index in [9.17, 15) is 5.11 Å². The van der Waals surface area contributed by atoms with E-state index in [2.05, 4.69) is 0 Å². The molecule has 4 heteroatoms. The Bertz CT molecular complexity index is 196. The highest BCUT2D eigenvalue weighted by atomic mass is 16.6. The van der Waals surface area contributed by atoms with Gasteiger partial charge in [0.15, 0.2) is 0 Å². The van der Waals surface area contributed by atoms with Gasteiger partial charge >= 0.3 is 0 Å². The van der Waals surface area contributed by atoms with Crippen molar-refractivity contribution in [3.63, 3.8) is 0 Å². The topological polar surface area (TPSA) is 47.9 Å². The van der Waals surface area contributed by atoms with Crippen LogP contribution in [0.25, 0.3) is 0 Å². The molecule has 2 heterocycles. The highest BCUT2D eigenvalue weighted by Gasteiger charge is 2.61. The van der Waals surface area contributed by atoms with Gasteiger partial charge in [0.25, 0.3) is 0 Å². The number of ether oxygens (including phenoxy) is 3. The Labute approximate surface area is 77.8 Å². The summed E-state index contributed by atoms with van der Waals surface area (Å²) in [6.45, 7) is 3.00. The largest absolute Gasteiger partial charge is 0.387 e. The summed E-state index contributed by atoms with van der Waals surface area (Å²) in [5.74, 6) is 0. The van der Waals surface area contributed by atoms with Gasteiger partial charge in [0.1, 0.15) is 23.9 Å². The summed E-state index contributed by atoms with van der Waals surface area (Å²) < 4.78 is 16.3. The molecule has 2 bridgehead atoms. The third kappa shape index (κ3) is 1.13. The molecule has 0 spiro atoms. The minimum atomic E-state index is -0.513. The second-order valence-corrected chi connectivity index (χ2v) is 3.68. The fourth-order valence-electron chi connectivity index (χ4n) is 2.32. The lowest BCUT2D eigenvalue weighted by molar-refractivity contribution is -0.166. The van der Waals surface area contributed by atoms with E-state index in [1.54, 1.807) is 7.11 Å². The van der Waals surface area contributed by atoms with Gasteiger partial charge in [-0.3, -0.25) is 0 Å². The first kappa shape index (κ1) is 9.40. The van der Waals surface area contributed by atoms with Crippen molar-refractivity contribution in [2.75, 3.05) is 20.3 Å². The van der Waals surface area contributed by atoms with Crippen molar-refractivity contribution >= 4 is 0 Å². The summed E-state index contributed by atoms with van der Waals surface area (Å²) in [4.78, 5) is 0. The molecule has 0 aromatic rings. The molecule has 2 fully saturated rings. The van der Waals surface area contributed by atoms with Crippen LogP contribution in [0.1, 0.15) is 13.3 Å². The summed E-state index contributed by atoms with van der Waals surface area (Å²) in [7, 11) is 1.63. The van der Waals surface area contributed by atoms with Gasteiger partial charge in [0.05, 0.1) is 13.2 Å². The number of hydrogen-bond donors (Lipinski definition) is 1. The van der Waals surface area contributed by atoms with Gasteiger partial charge < -0.3 is 19.3 Å². The van der Waals surface area contributed by atoms with Crippen LogP contribution in [-0.4, -0.2) is 49.3 Å². The fraction of sp³-hybridized carbons (Fsp3) is 1.00. The number of fused-ring (bicyclic) bond motifs is 2. The molecular weight excluding hydrogens is 172 g/mol. The highest BCUT2D eigenvalue weighted by molar-refractivity contribution is 5.08. The minimum absolute atomic E-state index is 0.115. The third-order valence-corrected chi connectivity index (χ3v) is 3.12.